The second kappa shape index (κ2) is 6.68. The summed E-state index contributed by atoms with van der Waals surface area (Å²) in [6, 6.07) is 18.0. The van der Waals surface area contributed by atoms with Crippen molar-refractivity contribution in [1.82, 2.24) is 0 Å². The van der Waals surface area contributed by atoms with Crippen LogP contribution in [0.1, 0.15) is 36.8 Å². The summed E-state index contributed by atoms with van der Waals surface area (Å²) in [5.41, 5.74) is 3.27. The summed E-state index contributed by atoms with van der Waals surface area (Å²) >= 11 is 0. The van der Waals surface area contributed by atoms with Crippen LogP contribution in [-0.2, 0) is 16.4 Å². The Balaban J connectivity index is 1.62. The van der Waals surface area contributed by atoms with Crippen molar-refractivity contribution in [3.05, 3.63) is 71.8 Å². The van der Waals surface area contributed by atoms with Crippen molar-refractivity contribution >= 4 is 15.4 Å². The molecule has 4 rings (SSSR count). The Hall–Kier alpha value is -2.07. The van der Waals surface area contributed by atoms with Gasteiger partial charge in [-0.05, 0) is 36.5 Å². The van der Waals surface area contributed by atoms with E-state index in [0.29, 0.717) is 13.0 Å². The van der Waals surface area contributed by atoms with Crippen molar-refractivity contribution in [3.8, 4) is 5.75 Å². The molecule has 130 valence electrons. The Morgan fingerprint density at radius 1 is 0.960 bits per heavy atom. The maximum Gasteiger partial charge on any atom is 0.159 e. The molecule has 0 aromatic heterocycles. The summed E-state index contributed by atoms with van der Waals surface area (Å²) in [5.74, 6) is 0.829. The molecule has 2 aromatic carbocycles. The molecular weight excluding hydrogens is 332 g/mol. The van der Waals surface area contributed by atoms with Gasteiger partial charge in [0.15, 0.2) is 9.84 Å². The van der Waals surface area contributed by atoms with Gasteiger partial charge in [-0.2, -0.15) is 0 Å². The first-order chi connectivity index (χ1) is 12.1. The van der Waals surface area contributed by atoms with Crippen molar-refractivity contribution in [3.63, 3.8) is 0 Å². The number of hydrogen-bond donors (Lipinski definition) is 0. The quantitative estimate of drug-likeness (QED) is 0.818. The normalized spacial score (nSPS) is 24.4. The Morgan fingerprint density at radius 2 is 1.72 bits per heavy atom. The lowest BCUT2D eigenvalue weighted by Gasteiger charge is -2.33. The lowest BCUT2D eigenvalue weighted by Crippen LogP contribution is -2.38. The molecule has 3 nitrogen and oxygen atoms in total. The molecule has 2 bridgehead atoms. The zero-order valence-electron chi connectivity index (χ0n) is 14.1. The summed E-state index contributed by atoms with van der Waals surface area (Å²) in [7, 11) is -2.99. The van der Waals surface area contributed by atoms with Crippen LogP contribution in [0.3, 0.4) is 0 Å². The van der Waals surface area contributed by atoms with E-state index in [0.717, 1.165) is 41.7 Å². The van der Waals surface area contributed by atoms with Crippen molar-refractivity contribution in [2.24, 2.45) is 0 Å². The van der Waals surface area contributed by atoms with Crippen molar-refractivity contribution in [2.45, 2.75) is 42.8 Å². The third-order valence-electron chi connectivity index (χ3n) is 5.21. The Labute approximate surface area is 149 Å². The van der Waals surface area contributed by atoms with Gasteiger partial charge in [0.25, 0.3) is 0 Å². The van der Waals surface area contributed by atoms with E-state index < -0.39 is 9.84 Å². The van der Waals surface area contributed by atoms with Gasteiger partial charge >= 0.3 is 0 Å². The number of sulfone groups is 1. The summed E-state index contributed by atoms with van der Waals surface area (Å²) in [4.78, 5) is 0. The highest BCUT2D eigenvalue weighted by atomic mass is 32.2. The number of allylic oxidation sites excluding steroid dienone is 1. The molecule has 4 heteroatoms. The smallest absolute Gasteiger partial charge is 0.159 e. The van der Waals surface area contributed by atoms with Crippen LogP contribution in [0.5, 0.6) is 5.75 Å². The lowest BCUT2D eigenvalue weighted by molar-refractivity contribution is 0.305. The van der Waals surface area contributed by atoms with Gasteiger partial charge < -0.3 is 4.74 Å². The number of rotatable bonds is 4. The van der Waals surface area contributed by atoms with E-state index in [4.69, 9.17) is 4.74 Å². The van der Waals surface area contributed by atoms with E-state index in [1.54, 1.807) is 0 Å². The van der Waals surface area contributed by atoms with Crippen LogP contribution >= 0.6 is 0 Å². The zero-order chi connectivity index (χ0) is 17.3. The molecule has 2 atom stereocenters. The Morgan fingerprint density at radius 3 is 2.52 bits per heavy atom. The first-order valence-electron chi connectivity index (χ1n) is 8.84. The molecule has 0 radical (unpaired) electrons. The zero-order valence-corrected chi connectivity index (χ0v) is 14.9. The van der Waals surface area contributed by atoms with Crippen LogP contribution in [-0.4, -0.2) is 18.9 Å². The van der Waals surface area contributed by atoms with E-state index in [-0.39, 0.29) is 10.5 Å². The Bertz CT molecular complexity index is 884. The van der Waals surface area contributed by atoms with E-state index in [2.05, 4.69) is 0 Å². The largest absolute Gasteiger partial charge is 0.488 e. The standard InChI is InChI=1S/C21H22O3S/c22-25(23)18-9-6-10-19(25)14-17(13-18)20-11-4-5-12-21(20)24-15-16-7-2-1-3-8-16/h1-5,7-8,11-13,18-19H,6,9-10,14-15H2. The minimum absolute atomic E-state index is 0.228. The van der Waals surface area contributed by atoms with E-state index >= 15 is 0 Å². The predicted molar refractivity (Wildman–Crippen MR) is 100 cm³/mol. The number of fused-ring (bicyclic) bond motifs is 2. The number of benzene rings is 2. The van der Waals surface area contributed by atoms with Gasteiger partial charge in [0.05, 0.1) is 10.5 Å². The van der Waals surface area contributed by atoms with Crippen LogP contribution in [0.15, 0.2) is 60.7 Å². The second-order valence-corrected chi connectivity index (χ2v) is 9.30. The number of hydrogen-bond acceptors (Lipinski definition) is 3. The van der Waals surface area contributed by atoms with Crippen molar-refractivity contribution in [1.29, 1.82) is 0 Å². The Kier molecular flexibility index (Phi) is 4.38. The van der Waals surface area contributed by atoms with Crippen LogP contribution < -0.4 is 4.74 Å². The van der Waals surface area contributed by atoms with Gasteiger partial charge in [-0.15, -0.1) is 0 Å². The molecule has 2 aromatic rings. The molecule has 2 unspecified atom stereocenters. The van der Waals surface area contributed by atoms with E-state index in [9.17, 15) is 8.42 Å². The maximum absolute atomic E-state index is 12.5. The van der Waals surface area contributed by atoms with Gasteiger partial charge in [-0.3, -0.25) is 0 Å². The fraction of sp³-hybridized carbons (Fsp3) is 0.333. The van der Waals surface area contributed by atoms with E-state index in [1.807, 2.05) is 60.7 Å². The van der Waals surface area contributed by atoms with Crippen LogP contribution in [0, 0.1) is 0 Å². The molecule has 2 aliphatic heterocycles. The highest BCUT2D eigenvalue weighted by Crippen LogP contribution is 2.41. The highest BCUT2D eigenvalue weighted by molar-refractivity contribution is 7.93. The molecule has 0 spiro atoms. The molecule has 2 aliphatic rings. The van der Waals surface area contributed by atoms with Crippen molar-refractivity contribution in [2.75, 3.05) is 0 Å². The summed E-state index contributed by atoms with van der Waals surface area (Å²) in [5, 5.41) is -0.550. The fourth-order valence-electron chi connectivity index (χ4n) is 3.85. The molecule has 25 heavy (non-hydrogen) atoms. The average Bonchev–Trinajstić information content (AvgIpc) is 2.60. The highest BCUT2D eigenvalue weighted by Gasteiger charge is 2.40. The molecule has 0 amide bonds. The SMILES string of the molecule is O=S1(=O)C2C=C(c3ccccc3OCc3ccccc3)CC1CCC2. The van der Waals surface area contributed by atoms with Gasteiger partial charge in [-0.1, -0.05) is 61.0 Å². The molecule has 1 saturated heterocycles. The predicted octanol–water partition coefficient (Wildman–Crippen LogP) is 4.39. The van der Waals surface area contributed by atoms with E-state index in [1.165, 1.54) is 0 Å². The molecule has 0 saturated carbocycles. The van der Waals surface area contributed by atoms with Gasteiger partial charge in [-0.25, -0.2) is 8.42 Å². The summed E-state index contributed by atoms with van der Waals surface area (Å²) in [6.45, 7) is 0.510. The molecule has 1 fully saturated rings. The first kappa shape index (κ1) is 16.4. The van der Waals surface area contributed by atoms with Gasteiger partial charge in [0.1, 0.15) is 12.4 Å². The minimum atomic E-state index is -2.99. The fourth-order valence-corrected chi connectivity index (χ4v) is 6.10. The van der Waals surface area contributed by atoms with Crippen LogP contribution in [0.2, 0.25) is 0 Å². The minimum Gasteiger partial charge on any atom is -0.488 e. The average molecular weight is 354 g/mol. The maximum atomic E-state index is 12.5. The van der Waals surface area contributed by atoms with Crippen LogP contribution in [0.4, 0.5) is 0 Å². The molecule has 0 aliphatic carbocycles. The molecule has 0 N–H and O–H groups in total. The monoisotopic (exact) mass is 354 g/mol. The molecular formula is C21H22O3S. The topological polar surface area (TPSA) is 43.4 Å². The van der Waals surface area contributed by atoms with Crippen LogP contribution in [0.25, 0.3) is 5.57 Å². The number of ether oxygens (including phenoxy) is 1. The van der Waals surface area contributed by atoms with Gasteiger partial charge in [0, 0.05) is 5.56 Å². The van der Waals surface area contributed by atoms with Crippen molar-refractivity contribution < 1.29 is 13.2 Å². The third kappa shape index (κ3) is 3.23. The van der Waals surface area contributed by atoms with Gasteiger partial charge in [0.2, 0.25) is 0 Å². The summed E-state index contributed by atoms with van der Waals surface area (Å²) in [6.07, 6.45) is 5.10. The third-order valence-corrected chi connectivity index (χ3v) is 7.75. The summed E-state index contributed by atoms with van der Waals surface area (Å²) < 4.78 is 31.0. The molecule has 2 heterocycles. The first-order valence-corrected chi connectivity index (χ1v) is 10.4. The second-order valence-electron chi connectivity index (χ2n) is 6.85. The lowest BCUT2D eigenvalue weighted by atomic mass is 9.93. The number of para-hydroxylation sites is 1.